The molecule has 1 N–H and O–H groups in total. The molecule has 160 valence electrons. The maximum atomic E-state index is 13.9. The van der Waals surface area contributed by atoms with Crippen LogP contribution in [0.1, 0.15) is 25.4 Å². The number of aryl methyl sites for hydroxylation is 1. The number of likely N-dealkylation sites (N-methyl/N-ethyl adjacent to an activating group) is 1. The van der Waals surface area contributed by atoms with Gasteiger partial charge >= 0.3 is 5.92 Å². The lowest BCUT2D eigenvalue weighted by Gasteiger charge is -2.15. The molecule has 0 fully saturated rings. The number of pyridine rings is 1. The molecular weight excluding hydrogens is 396 g/mol. The predicted molar refractivity (Wildman–Crippen MR) is 108 cm³/mol. The van der Waals surface area contributed by atoms with E-state index >= 15 is 0 Å². The van der Waals surface area contributed by atoms with Gasteiger partial charge in [0.05, 0.1) is 17.5 Å². The second-order valence-corrected chi connectivity index (χ2v) is 7.00. The Morgan fingerprint density at radius 1 is 1.33 bits per heavy atom. The number of hydrogen-bond donors (Lipinski definition) is 1. The first kappa shape index (κ1) is 21.5. The third kappa shape index (κ3) is 4.51. The average Bonchev–Trinajstić information content (AvgIpc) is 3.03. The number of nitrogens with zero attached hydrogens (tertiary/aromatic N) is 6. The number of amides is 1. The van der Waals surface area contributed by atoms with Crippen molar-refractivity contribution in [2.24, 2.45) is 0 Å². The molecule has 0 aliphatic rings. The van der Waals surface area contributed by atoms with Crippen LogP contribution in [0.2, 0.25) is 0 Å². The van der Waals surface area contributed by atoms with Crippen LogP contribution in [0.15, 0.2) is 18.3 Å². The summed E-state index contributed by atoms with van der Waals surface area (Å²) < 4.78 is 34.4. The quantitative estimate of drug-likeness (QED) is 0.629. The van der Waals surface area contributed by atoms with E-state index in [0.717, 1.165) is 6.92 Å². The van der Waals surface area contributed by atoms with Gasteiger partial charge in [-0.25, -0.2) is 19.6 Å². The molecule has 3 aromatic rings. The molecule has 3 heterocycles. The number of fused-ring (bicyclic) bond motifs is 1. The molecule has 0 bridgehead atoms. The van der Waals surface area contributed by atoms with Crippen LogP contribution >= 0.6 is 0 Å². The summed E-state index contributed by atoms with van der Waals surface area (Å²) in [5.74, 6) is -3.00. The van der Waals surface area contributed by atoms with E-state index in [2.05, 4.69) is 25.4 Å². The van der Waals surface area contributed by atoms with Crippen LogP contribution in [0.5, 0.6) is 0 Å². The summed E-state index contributed by atoms with van der Waals surface area (Å²) in [7, 11) is 3.44. The van der Waals surface area contributed by atoms with Crippen LogP contribution in [0.4, 0.5) is 20.4 Å². The van der Waals surface area contributed by atoms with Gasteiger partial charge in [0.25, 0.3) is 0 Å². The fourth-order valence-electron chi connectivity index (χ4n) is 2.89. The minimum absolute atomic E-state index is 0.190. The molecule has 1 amide bonds. The SMILES string of the molecule is COCCN(C)c1nn(-c2cc(C)nc(C(C)(F)F)n2)c2cc(NC(C)=O)ncc12. The standard InChI is InChI=1S/C19H23F2N7O2/c1-11-8-16(25-18(23-11)19(3,20)21)28-14-9-15(24-12(2)29)22-10-13(14)17(26-28)27(4)6-7-30-5/h8-10H,6-7H2,1-5H3,(H,22,24,29). The van der Waals surface area contributed by atoms with Crippen molar-refractivity contribution < 1.29 is 18.3 Å². The van der Waals surface area contributed by atoms with Gasteiger partial charge in [0.1, 0.15) is 5.82 Å². The Balaban J connectivity index is 2.22. The van der Waals surface area contributed by atoms with Crippen molar-refractivity contribution in [3.63, 3.8) is 0 Å². The van der Waals surface area contributed by atoms with Crippen molar-refractivity contribution >= 4 is 28.4 Å². The summed E-state index contributed by atoms with van der Waals surface area (Å²) in [5.41, 5.74) is 0.932. The van der Waals surface area contributed by atoms with Gasteiger partial charge in [0, 0.05) is 58.6 Å². The Kier molecular flexibility index (Phi) is 5.92. The first-order valence-corrected chi connectivity index (χ1v) is 9.21. The topological polar surface area (TPSA) is 98.1 Å². The Bertz CT molecular complexity index is 1080. The van der Waals surface area contributed by atoms with Crippen LogP contribution in [0, 0.1) is 6.92 Å². The fraction of sp³-hybridized carbons (Fsp3) is 0.421. The number of alkyl halides is 2. The van der Waals surface area contributed by atoms with E-state index in [9.17, 15) is 13.6 Å². The highest BCUT2D eigenvalue weighted by Crippen LogP contribution is 2.30. The molecule has 0 aliphatic heterocycles. The number of nitrogens with one attached hydrogen (secondary N) is 1. The van der Waals surface area contributed by atoms with Crippen LogP contribution in [0.3, 0.4) is 0 Å². The maximum absolute atomic E-state index is 13.9. The monoisotopic (exact) mass is 419 g/mol. The second kappa shape index (κ2) is 8.27. The smallest absolute Gasteiger partial charge is 0.303 e. The van der Waals surface area contributed by atoms with Crippen LogP contribution < -0.4 is 10.2 Å². The Morgan fingerprint density at radius 2 is 2.07 bits per heavy atom. The highest BCUT2D eigenvalue weighted by atomic mass is 19.3. The van der Waals surface area contributed by atoms with Crippen molar-refractivity contribution in [2.75, 3.05) is 37.5 Å². The normalized spacial score (nSPS) is 11.7. The largest absolute Gasteiger partial charge is 0.383 e. The summed E-state index contributed by atoms with van der Waals surface area (Å²) in [4.78, 5) is 25.4. The number of carbonyl (C=O) groups excluding carboxylic acids is 1. The Hall–Kier alpha value is -3.21. The third-order valence-corrected chi connectivity index (χ3v) is 4.29. The average molecular weight is 419 g/mol. The summed E-state index contributed by atoms with van der Waals surface area (Å²) in [6, 6.07) is 3.19. The first-order valence-electron chi connectivity index (χ1n) is 9.21. The molecule has 0 saturated heterocycles. The predicted octanol–water partition coefficient (Wildman–Crippen LogP) is 2.67. The van der Waals surface area contributed by atoms with Crippen molar-refractivity contribution in [2.45, 2.75) is 26.7 Å². The number of halogens is 2. The van der Waals surface area contributed by atoms with E-state index in [1.165, 1.54) is 11.6 Å². The lowest BCUT2D eigenvalue weighted by atomic mass is 10.3. The van der Waals surface area contributed by atoms with E-state index in [-0.39, 0.29) is 11.7 Å². The van der Waals surface area contributed by atoms with Gasteiger partial charge in [-0.2, -0.15) is 8.78 Å². The lowest BCUT2D eigenvalue weighted by Crippen LogP contribution is -2.23. The summed E-state index contributed by atoms with van der Waals surface area (Å²) in [5, 5.41) is 7.88. The molecule has 0 spiro atoms. The number of methoxy groups -OCH3 is 1. The van der Waals surface area contributed by atoms with Crippen molar-refractivity contribution in [1.82, 2.24) is 24.7 Å². The minimum Gasteiger partial charge on any atom is -0.383 e. The van der Waals surface area contributed by atoms with E-state index in [4.69, 9.17) is 4.74 Å². The van der Waals surface area contributed by atoms with Crippen LogP contribution in [-0.4, -0.2) is 57.9 Å². The number of hydrogen-bond acceptors (Lipinski definition) is 7. The zero-order valence-corrected chi connectivity index (χ0v) is 17.4. The van der Waals surface area contributed by atoms with E-state index in [0.29, 0.717) is 41.4 Å². The fourth-order valence-corrected chi connectivity index (χ4v) is 2.89. The third-order valence-electron chi connectivity index (χ3n) is 4.29. The number of carbonyl (C=O) groups is 1. The zero-order valence-electron chi connectivity index (χ0n) is 17.4. The second-order valence-electron chi connectivity index (χ2n) is 7.00. The van der Waals surface area contributed by atoms with Crippen molar-refractivity contribution in [3.05, 3.63) is 29.8 Å². The molecule has 0 aliphatic carbocycles. The van der Waals surface area contributed by atoms with E-state index in [1.54, 1.807) is 32.4 Å². The molecule has 0 atom stereocenters. The molecule has 0 unspecified atom stereocenters. The molecular formula is C19H23F2N7O2. The Morgan fingerprint density at radius 3 is 2.70 bits per heavy atom. The van der Waals surface area contributed by atoms with Crippen LogP contribution in [0.25, 0.3) is 16.7 Å². The van der Waals surface area contributed by atoms with Gasteiger partial charge in [0.15, 0.2) is 11.6 Å². The minimum atomic E-state index is -3.20. The van der Waals surface area contributed by atoms with Gasteiger partial charge in [0.2, 0.25) is 11.7 Å². The van der Waals surface area contributed by atoms with Crippen LogP contribution in [-0.2, 0) is 15.5 Å². The lowest BCUT2D eigenvalue weighted by molar-refractivity contribution is -0.114. The summed E-state index contributed by atoms with van der Waals surface area (Å²) in [6.07, 6.45) is 1.58. The molecule has 3 rings (SSSR count). The molecule has 0 radical (unpaired) electrons. The maximum Gasteiger partial charge on any atom is 0.303 e. The highest BCUT2D eigenvalue weighted by molar-refractivity contribution is 5.95. The summed E-state index contributed by atoms with van der Waals surface area (Å²) >= 11 is 0. The number of rotatable bonds is 7. The first-order chi connectivity index (χ1) is 14.1. The Labute approximate surface area is 172 Å². The number of aromatic nitrogens is 5. The molecule has 3 aromatic heterocycles. The molecule has 11 heteroatoms. The van der Waals surface area contributed by atoms with Gasteiger partial charge in [-0.3, -0.25) is 4.79 Å². The number of ether oxygens (including phenoxy) is 1. The van der Waals surface area contributed by atoms with Gasteiger partial charge in [-0.15, -0.1) is 5.10 Å². The van der Waals surface area contributed by atoms with Gasteiger partial charge in [-0.05, 0) is 6.92 Å². The summed E-state index contributed by atoms with van der Waals surface area (Å²) in [6.45, 7) is 4.76. The van der Waals surface area contributed by atoms with Crippen molar-refractivity contribution in [1.29, 1.82) is 0 Å². The van der Waals surface area contributed by atoms with Gasteiger partial charge < -0.3 is 15.0 Å². The van der Waals surface area contributed by atoms with E-state index in [1.807, 2.05) is 11.9 Å². The molecule has 0 aromatic carbocycles. The molecule has 9 nitrogen and oxygen atoms in total. The molecule has 30 heavy (non-hydrogen) atoms. The number of anilines is 2. The molecule has 0 saturated carbocycles. The zero-order chi connectivity index (χ0) is 22.1. The highest BCUT2D eigenvalue weighted by Gasteiger charge is 2.29. The van der Waals surface area contributed by atoms with Crippen molar-refractivity contribution in [3.8, 4) is 5.82 Å². The van der Waals surface area contributed by atoms with E-state index < -0.39 is 11.7 Å². The van der Waals surface area contributed by atoms with Gasteiger partial charge in [-0.1, -0.05) is 0 Å².